The Labute approximate surface area is 226 Å². The predicted octanol–water partition coefficient (Wildman–Crippen LogP) is 3.50. The number of rotatable bonds is 15. The normalized spacial score (nSPS) is 12.6. The highest BCUT2D eigenvalue weighted by molar-refractivity contribution is 9.08. The van der Waals surface area contributed by atoms with Crippen molar-refractivity contribution in [1.29, 1.82) is 0 Å². The van der Waals surface area contributed by atoms with Gasteiger partial charge in [0.25, 0.3) is 0 Å². The molecule has 2 unspecified atom stereocenters. The quantitative estimate of drug-likeness (QED) is 0.123. The summed E-state index contributed by atoms with van der Waals surface area (Å²) in [5.74, 6) is -1.28. The number of anilines is 1. The maximum atomic E-state index is 13.1. The summed E-state index contributed by atoms with van der Waals surface area (Å²) < 4.78 is 5.18. The van der Waals surface area contributed by atoms with E-state index in [1.807, 2.05) is 12.1 Å². The topological polar surface area (TPSA) is 152 Å². The van der Waals surface area contributed by atoms with Gasteiger partial charge in [-0.3, -0.25) is 9.59 Å². The molecule has 0 spiro atoms. The SMILES string of the molecule is C=C/C=C(\C=C)COC(=O)NC(C(=O)NC(CCCNC(N)=O)C(=O)Nc1ccc(CBr)cc1)C(C)C. The minimum atomic E-state index is -0.958. The van der Waals surface area contributed by atoms with Gasteiger partial charge in [0.15, 0.2) is 0 Å². The van der Waals surface area contributed by atoms with Crippen molar-refractivity contribution < 1.29 is 23.9 Å². The maximum absolute atomic E-state index is 13.1. The number of ether oxygens (including phenoxy) is 1. The van der Waals surface area contributed by atoms with E-state index in [4.69, 9.17) is 10.5 Å². The number of primary amides is 1. The highest BCUT2D eigenvalue weighted by Gasteiger charge is 2.29. The molecule has 0 aromatic heterocycles. The number of hydrogen-bond acceptors (Lipinski definition) is 5. The van der Waals surface area contributed by atoms with E-state index in [1.54, 1.807) is 38.1 Å². The van der Waals surface area contributed by atoms with Gasteiger partial charge in [0, 0.05) is 17.6 Å². The molecule has 0 fully saturated rings. The molecule has 6 N–H and O–H groups in total. The Morgan fingerprint density at radius 2 is 1.76 bits per heavy atom. The average Bonchev–Trinajstić information content (AvgIpc) is 2.86. The Bertz CT molecular complexity index is 978. The molecule has 0 aliphatic carbocycles. The molecule has 10 nitrogen and oxygen atoms in total. The van der Waals surface area contributed by atoms with E-state index in [0.717, 1.165) is 5.56 Å². The Morgan fingerprint density at radius 3 is 2.30 bits per heavy atom. The van der Waals surface area contributed by atoms with Crippen molar-refractivity contribution in [2.45, 2.75) is 44.1 Å². The highest BCUT2D eigenvalue weighted by Crippen LogP contribution is 2.13. The third-order valence-corrected chi connectivity index (χ3v) is 5.81. The number of nitrogens with one attached hydrogen (secondary N) is 4. The number of hydrogen-bond donors (Lipinski definition) is 5. The van der Waals surface area contributed by atoms with Gasteiger partial charge in [-0.25, -0.2) is 9.59 Å². The molecule has 0 radical (unpaired) electrons. The molecule has 0 aliphatic rings. The van der Waals surface area contributed by atoms with Crippen molar-refractivity contribution in [2.24, 2.45) is 11.7 Å². The number of alkyl halides is 1. The van der Waals surface area contributed by atoms with Crippen LogP contribution in [0.25, 0.3) is 0 Å². The molecule has 0 saturated heterocycles. The van der Waals surface area contributed by atoms with E-state index < -0.39 is 36.0 Å². The molecule has 37 heavy (non-hydrogen) atoms. The van der Waals surface area contributed by atoms with Crippen molar-refractivity contribution in [1.82, 2.24) is 16.0 Å². The Balaban J connectivity index is 2.91. The lowest BCUT2D eigenvalue weighted by molar-refractivity contribution is -0.128. The van der Waals surface area contributed by atoms with E-state index in [2.05, 4.69) is 50.4 Å². The summed E-state index contributed by atoms with van der Waals surface area (Å²) in [5.41, 5.74) is 7.34. The van der Waals surface area contributed by atoms with Crippen LogP contribution in [0.4, 0.5) is 15.3 Å². The Kier molecular flexibility index (Phi) is 14.4. The van der Waals surface area contributed by atoms with Gasteiger partial charge in [0.05, 0.1) is 0 Å². The fourth-order valence-corrected chi connectivity index (χ4v) is 3.51. The molecule has 11 heteroatoms. The van der Waals surface area contributed by atoms with Crippen LogP contribution in [0.5, 0.6) is 0 Å². The number of carbonyl (C=O) groups excluding carboxylic acids is 4. The molecule has 0 aliphatic heterocycles. The smallest absolute Gasteiger partial charge is 0.408 e. The molecule has 202 valence electrons. The summed E-state index contributed by atoms with van der Waals surface area (Å²) in [7, 11) is 0. The fraction of sp³-hybridized carbons (Fsp3) is 0.385. The monoisotopic (exact) mass is 577 g/mol. The van der Waals surface area contributed by atoms with Gasteiger partial charge >= 0.3 is 12.1 Å². The summed E-state index contributed by atoms with van der Waals surface area (Å²) in [6.45, 7) is 10.9. The summed E-state index contributed by atoms with van der Waals surface area (Å²) in [6, 6.07) is 4.67. The molecule has 5 amide bonds. The number of nitrogens with two attached hydrogens (primary N) is 1. The molecule has 1 aromatic rings. The van der Waals surface area contributed by atoms with Crippen LogP contribution >= 0.6 is 15.9 Å². The molecule has 1 aromatic carbocycles. The summed E-state index contributed by atoms with van der Waals surface area (Å²) in [4.78, 5) is 49.4. The summed E-state index contributed by atoms with van der Waals surface area (Å²) in [5, 5.41) is 11.2. The molecule has 0 bridgehead atoms. The van der Waals surface area contributed by atoms with Crippen molar-refractivity contribution in [3.8, 4) is 0 Å². The predicted molar refractivity (Wildman–Crippen MR) is 148 cm³/mol. The van der Waals surface area contributed by atoms with Crippen molar-refractivity contribution in [3.63, 3.8) is 0 Å². The van der Waals surface area contributed by atoms with E-state index >= 15 is 0 Å². The lowest BCUT2D eigenvalue weighted by atomic mass is 10.0. The average molecular weight is 579 g/mol. The molecular formula is C26H36BrN5O5. The zero-order valence-electron chi connectivity index (χ0n) is 21.2. The highest BCUT2D eigenvalue weighted by atomic mass is 79.9. The maximum Gasteiger partial charge on any atom is 0.408 e. The molecular weight excluding hydrogens is 542 g/mol. The second-order valence-electron chi connectivity index (χ2n) is 8.44. The van der Waals surface area contributed by atoms with Crippen molar-refractivity contribution in [2.75, 3.05) is 18.5 Å². The van der Waals surface area contributed by atoms with Gasteiger partial charge in [-0.15, -0.1) is 0 Å². The van der Waals surface area contributed by atoms with E-state index in [1.165, 1.54) is 6.08 Å². The molecule has 0 heterocycles. The van der Waals surface area contributed by atoms with E-state index in [9.17, 15) is 19.2 Å². The van der Waals surface area contributed by atoms with Crippen LogP contribution in [0, 0.1) is 5.92 Å². The van der Waals surface area contributed by atoms with Crippen LogP contribution in [0.1, 0.15) is 32.3 Å². The number of benzene rings is 1. The van der Waals surface area contributed by atoms with Gasteiger partial charge in [0.1, 0.15) is 18.7 Å². The number of amides is 5. The number of carbonyl (C=O) groups is 4. The first kappa shape index (κ1) is 31.4. The Hall–Kier alpha value is -3.60. The van der Waals surface area contributed by atoms with Crippen LogP contribution in [-0.4, -0.2) is 49.2 Å². The van der Waals surface area contributed by atoms with Crippen molar-refractivity contribution >= 4 is 45.6 Å². The zero-order chi connectivity index (χ0) is 27.8. The van der Waals surface area contributed by atoms with Gasteiger partial charge in [-0.05, 0) is 42.0 Å². The van der Waals surface area contributed by atoms with Gasteiger partial charge in [-0.2, -0.15) is 0 Å². The minimum absolute atomic E-state index is 0.0421. The molecule has 2 atom stereocenters. The zero-order valence-corrected chi connectivity index (χ0v) is 22.8. The third-order valence-electron chi connectivity index (χ3n) is 5.16. The van der Waals surface area contributed by atoms with Crippen molar-refractivity contribution in [3.05, 3.63) is 66.8 Å². The summed E-state index contributed by atoms with van der Waals surface area (Å²) >= 11 is 3.37. The van der Waals surface area contributed by atoms with Crippen LogP contribution in [0.2, 0.25) is 0 Å². The van der Waals surface area contributed by atoms with Crippen LogP contribution in [-0.2, 0) is 19.7 Å². The number of allylic oxidation sites excluding steroid dienone is 2. The Morgan fingerprint density at radius 1 is 1.08 bits per heavy atom. The first-order chi connectivity index (χ1) is 17.6. The summed E-state index contributed by atoms with van der Waals surface area (Å²) in [6.07, 6.45) is 4.54. The number of halogens is 1. The fourth-order valence-electron chi connectivity index (χ4n) is 3.13. The lowest BCUT2D eigenvalue weighted by Crippen LogP contribution is -2.54. The lowest BCUT2D eigenvalue weighted by Gasteiger charge is -2.25. The van der Waals surface area contributed by atoms with Gasteiger partial charge < -0.3 is 31.7 Å². The second-order valence-corrected chi connectivity index (χ2v) is 9.00. The van der Waals surface area contributed by atoms with Crippen LogP contribution in [0.15, 0.2) is 61.2 Å². The van der Waals surface area contributed by atoms with Crippen LogP contribution < -0.4 is 27.0 Å². The number of urea groups is 1. The standard InChI is InChI=1S/C26H36BrN5O5/c1-5-8-18(6-2)16-37-26(36)32-22(17(3)4)24(34)31-21(9-7-14-29-25(28)35)23(33)30-20-12-10-19(15-27)11-13-20/h5-6,8,10-13,17,21-22H,1-2,7,9,14-16H2,3-4H3,(H,30,33)(H,31,34)(H,32,36)(H3,28,29,35)/b18-8+. The molecule has 0 saturated carbocycles. The van der Waals surface area contributed by atoms with Gasteiger partial charge in [0.2, 0.25) is 11.8 Å². The molecule has 1 rings (SSSR count). The largest absolute Gasteiger partial charge is 0.445 e. The van der Waals surface area contributed by atoms with E-state index in [-0.39, 0.29) is 25.5 Å². The minimum Gasteiger partial charge on any atom is -0.445 e. The first-order valence-corrected chi connectivity index (χ1v) is 12.9. The van der Waals surface area contributed by atoms with Crippen LogP contribution in [0.3, 0.4) is 0 Å². The van der Waals surface area contributed by atoms with E-state index in [0.29, 0.717) is 23.0 Å². The second kappa shape index (κ2) is 17.0. The number of alkyl carbamates (subject to hydrolysis) is 1. The third kappa shape index (κ3) is 12.3. The first-order valence-electron chi connectivity index (χ1n) is 11.8. The van der Waals surface area contributed by atoms with Gasteiger partial charge in [-0.1, -0.05) is 73.3 Å².